The van der Waals surface area contributed by atoms with Crippen molar-refractivity contribution in [2.24, 2.45) is 0 Å². The highest BCUT2D eigenvalue weighted by Gasteiger charge is 2.25. The molecule has 2 rings (SSSR count). The molecule has 1 amide bonds. The summed E-state index contributed by atoms with van der Waals surface area (Å²) in [5.41, 5.74) is 1.51. The average molecular weight is 463 g/mol. The van der Waals surface area contributed by atoms with Gasteiger partial charge in [-0.15, -0.1) is 0 Å². The van der Waals surface area contributed by atoms with Crippen LogP contribution >= 0.6 is 11.6 Å². The van der Waals surface area contributed by atoms with Gasteiger partial charge in [0.25, 0.3) is 5.91 Å². The van der Waals surface area contributed by atoms with Crippen molar-refractivity contribution in [3.63, 3.8) is 0 Å². The second-order valence-electron chi connectivity index (χ2n) is 7.40. The van der Waals surface area contributed by atoms with Gasteiger partial charge in [0.2, 0.25) is 5.43 Å². The van der Waals surface area contributed by atoms with Crippen LogP contribution < -0.4 is 15.5 Å². The first-order valence-corrected chi connectivity index (χ1v) is 10.8. The summed E-state index contributed by atoms with van der Waals surface area (Å²) in [7, 11) is 3.02. The Bertz CT molecular complexity index is 998. The molecule has 8 heteroatoms. The second-order valence-corrected chi connectivity index (χ2v) is 7.83. The van der Waals surface area contributed by atoms with Gasteiger partial charge in [0, 0.05) is 37.5 Å². The number of benzene rings is 1. The van der Waals surface area contributed by atoms with E-state index in [4.69, 9.17) is 25.8 Å². The summed E-state index contributed by atoms with van der Waals surface area (Å²) < 4.78 is 18.1. The Labute approximate surface area is 193 Å². The number of carbonyl (C=O) groups is 1. The van der Waals surface area contributed by atoms with Gasteiger partial charge in [0.15, 0.2) is 17.7 Å². The lowest BCUT2D eigenvalue weighted by Gasteiger charge is -2.22. The van der Waals surface area contributed by atoms with Crippen LogP contribution in [0.1, 0.15) is 48.3 Å². The molecule has 0 unspecified atom stereocenters. The highest BCUT2D eigenvalue weighted by atomic mass is 35.5. The highest BCUT2D eigenvalue weighted by Crippen LogP contribution is 2.21. The minimum absolute atomic E-state index is 0.00602. The number of rotatable bonds is 12. The maximum Gasteiger partial charge on any atom is 0.272 e. The SMILES string of the molecule is C=C(C)c1cn(CC(OC)OC)c(C(=O)NCc2cccc(Cl)c2)c(OCCCC)c1=O. The van der Waals surface area contributed by atoms with Crippen molar-refractivity contribution < 1.29 is 19.0 Å². The first-order chi connectivity index (χ1) is 15.3. The maximum atomic E-state index is 13.3. The Hall–Kier alpha value is -2.61. The zero-order valence-electron chi connectivity index (χ0n) is 19.1. The largest absolute Gasteiger partial charge is 0.487 e. The Kier molecular flexibility index (Phi) is 9.97. The van der Waals surface area contributed by atoms with Gasteiger partial charge in [0.05, 0.1) is 13.2 Å². The standard InChI is InChI=1S/C24H31ClN2O5/c1-6-7-11-32-23-21(24(29)26-13-17-9-8-10-18(25)12-17)27(15-20(30-4)31-5)14-19(16(2)3)22(23)28/h8-10,12,14,20H,2,6-7,11,13,15H2,1,3-5H3,(H,26,29). The maximum absolute atomic E-state index is 13.3. The Morgan fingerprint density at radius 2 is 2.00 bits per heavy atom. The molecule has 1 heterocycles. The summed E-state index contributed by atoms with van der Waals surface area (Å²) >= 11 is 6.04. The number of halogens is 1. The highest BCUT2D eigenvalue weighted by molar-refractivity contribution is 6.30. The van der Waals surface area contributed by atoms with Crippen LogP contribution in [0.15, 0.2) is 41.8 Å². The van der Waals surface area contributed by atoms with E-state index in [2.05, 4.69) is 11.9 Å². The van der Waals surface area contributed by atoms with Gasteiger partial charge in [-0.05, 0) is 36.6 Å². The molecule has 0 radical (unpaired) electrons. The quantitative estimate of drug-likeness (QED) is 0.376. The number of pyridine rings is 1. The van der Waals surface area contributed by atoms with Crippen LogP contribution in [-0.2, 0) is 22.6 Å². The van der Waals surface area contributed by atoms with Crippen LogP contribution in [0.3, 0.4) is 0 Å². The summed E-state index contributed by atoms with van der Waals surface area (Å²) in [5, 5.41) is 3.43. The molecule has 2 aromatic rings. The molecule has 7 nitrogen and oxygen atoms in total. The topological polar surface area (TPSA) is 78.8 Å². The van der Waals surface area contributed by atoms with E-state index < -0.39 is 12.2 Å². The first kappa shape index (κ1) is 25.6. The third-order valence-corrected chi connectivity index (χ3v) is 5.11. The molecule has 0 saturated heterocycles. The van der Waals surface area contributed by atoms with E-state index in [1.54, 1.807) is 29.8 Å². The van der Waals surface area contributed by atoms with Gasteiger partial charge in [-0.1, -0.05) is 43.7 Å². The number of nitrogens with one attached hydrogen (secondary N) is 1. The van der Waals surface area contributed by atoms with Crippen molar-refractivity contribution in [2.45, 2.75) is 46.1 Å². The van der Waals surface area contributed by atoms with Gasteiger partial charge in [-0.3, -0.25) is 9.59 Å². The zero-order valence-corrected chi connectivity index (χ0v) is 19.8. The molecule has 0 aliphatic rings. The fourth-order valence-electron chi connectivity index (χ4n) is 3.09. The molecule has 0 saturated carbocycles. The predicted molar refractivity (Wildman–Crippen MR) is 126 cm³/mol. The minimum Gasteiger partial charge on any atom is -0.487 e. The van der Waals surface area contributed by atoms with E-state index in [1.165, 1.54) is 14.2 Å². The van der Waals surface area contributed by atoms with Crippen molar-refractivity contribution in [3.05, 3.63) is 69.1 Å². The molecular formula is C24H31ClN2O5. The van der Waals surface area contributed by atoms with Crippen molar-refractivity contribution in [3.8, 4) is 5.75 Å². The van der Waals surface area contributed by atoms with Crippen LogP contribution in [0.2, 0.25) is 5.02 Å². The van der Waals surface area contributed by atoms with Crippen LogP contribution in [0.25, 0.3) is 5.57 Å². The average Bonchev–Trinajstić information content (AvgIpc) is 2.77. The number of allylic oxidation sites excluding steroid dienone is 1. The molecule has 1 N–H and O–H groups in total. The van der Waals surface area contributed by atoms with Crippen molar-refractivity contribution in [2.75, 3.05) is 20.8 Å². The summed E-state index contributed by atoms with van der Waals surface area (Å²) in [6, 6.07) is 7.19. The molecule has 0 aliphatic heterocycles. The number of hydrogen-bond acceptors (Lipinski definition) is 5. The number of carbonyl (C=O) groups excluding carboxylic acids is 1. The molecule has 32 heavy (non-hydrogen) atoms. The molecule has 0 fully saturated rings. The first-order valence-electron chi connectivity index (χ1n) is 10.5. The van der Waals surface area contributed by atoms with E-state index in [9.17, 15) is 9.59 Å². The fraction of sp³-hybridized carbons (Fsp3) is 0.417. The molecule has 1 aromatic heterocycles. The van der Waals surface area contributed by atoms with E-state index in [-0.39, 0.29) is 30.0 Å². The lowest BCUT2D eigenvalue weighted by atomic mass is 10.1. The van der Waals surface area contributed by atoms with Crippen LogP contribution in [0.5, 0.6) is 5.75 Å². The van der Waals surface area contributed by atoms with Crippen molar-refractivity contribution in [1.29, 1.82) is 0 Å². The molecule has 0 atom stereocenters. The number of hydrogen-bond donors (Lipinski definition) is 1. The fourth-order valence-corrected chi connectivity index (χ4v) is 3.31. The number of methoxy groups -OCH3 is 2. The van der Waals surface area contributed by atoms with Gasteiger partial charge in [0.1, 0.15) is 0 Å². The van der Waals surface area contributed by atoms with Crippen molar-refractivity contribution in [1.82, 2.24) is 9.88 Å². The molecular weight excluding hydrogens is 432 g/mol. The number of unbranched alkanes of at least 4 members (excludes halogenated alkanes) is 1. The zero-order chi connectivity index (χ0) is 23.7. The monoisotopic (exact) mass is 462 g/mol. The van der Waals surface area contributed by atoms with Gasteiger partial charge < -0.3 is 24.1 Å². The van der Waals surface area contributed by atoms with Crippen LogP contribution in [0, 0.1) is 0 Å². The second kappa shape index (κ2) is 12.4. The van der Waals surface area contributed by atoms with E-state index in [0.29, 0.717) is 22.8 Å². The van der Waals surface area contributed by atoms with E-state index >= 15 is 0 Å². The smallest absolute Gasteiger partial charge is 0.272 e. The van der Waals surface area contributed by atoms with Gasteiger partial charge in [-0.2, -0.15) is 0 Å². The number of ether oxygens (including phenoxy) is 3. The normalized spacial score (nSPS) is 10.9. The Morgan fingerprint density at radius 1 is 1.28 bits per heavy atom. The number of nitrogens with zero attached hydrogens (tertiary/aromatic N) is 1. The third-order valence-electron chi connectivity index (χ3n) is 4.87. The molecule has 0 aliphatic carbocycles. The van der Waals surface area contributed by atoms with E-state index in [1.807, 2.05) is 19.1 Å². The van der Waals surface area contributed by atoms with Crippen molar-refractivity contribution >= 4 is 23.1 Å². The minimum atomic E-state index is -0.626. The number of amides is 1. The molecule has 1 aromatic carbocycles. The lowest BCUT2D eigenvalue weighted by Crippen LogP contribution is -2.33. The van der Waals surface area contributed by atoms with E-state index in [0.717, 1.165) is 18.4 Å². The molecule has 174 valence electrons. The number of aromatic nitrogens is 1. The Morgan fingerprint density at radius 3 is 2.59 bits per heavy atom. The van der Waals surface area contributed by atoms with Crippen LogP contribution in [-0.4, -0.2) is 37.6 Å². The van der Waals surface area contributed by atoms with Crippen LogP contribution in [0.4, 0.5) is 0 Å². The Balaban J connectivity index is 2.52. The van der Waals surface area contributed by atoms with Gasteiger partial charge in [-0.25, -0.2) is 0 Å². The summed E-state index contributed by atoms with van der Waals surface area (Å²) in [4.78, 5) is 26.4. The molecule has 0 bridgehead atoms. The summed E-state index contributed by atoms with van der Waals surface area (Å²) in [6.07, 6.45) is 2.61. The lowest BCUT2D eigenvalue weighted by molar-refractivity contribution is -0.111. The van der Waals surface area contributed by atoms with Gasteiger partial charge >= 0.3 is 0 Å². The molecule has 0 spiro atoms. The predicted octanol–water partition coefficient (Wildman–Crippen LogP) is 4.26. The third kappa shape index (κ3) is 6.69. The summed E-state index contributed by atoms with van der Waals surface area (Å²) in [5.74, 6) is -0.457. The summed E-state index contributed by atoms with van der Waals surface area (Å²) in [6.45, 7) is 8.39.